The van der Waals surface area contributed by atoms with Gasteiger partial charge in [0.15, 0.2) is 0 Å². The summed E-state index contributed by atoms with van der Waals surface area (Å²) in [5.41, 5.74) is 2.57. The third-order valence-corrected chi connectivity index (χ3v) is 2.51. The lowest BCUT2D eigenvalue weighted by Crippen LogP contribution is -2.19. The first-order valence-electron chi connectivity index (χ1n) is 4.36. The molecule has 1 N–H and O–H groups in total. The van der Waals surface area contributed by atoms with Crippen molar-refractivity contribution in [1.29, 1.82) is 0 Å². The standard InChI is InChI=1S/C9H13Cl2N3/c1-14-9(3-5-13-14)2-4-12-7-8(11)6-10/h3,5-6,12H,2,4,7H2,1H3/b8-6-. The number of aromatic nitrogens is 2. The monoisotopic (exact) mass is 233 g/mol. The highest BCUT2D eigenvalue weighted by molar-refractivity contribution is 6.36. The van der Waals surface area contributed by atoms with E-state index in [1.165, 1.54) is 11.2 Å². The van der Waals surface area contributed by atoms with Crippen LogP contribution in [0.2, 0.25) is 0 Å². The molecule has 0 aliphatic rings. The Bertz CT molecular complexity index is 307. The normalized spacial score (nSPS) is 12.1. The zero-order chi connectivity index (χ0) is 10.4. The van der Waals surface area contributed by atoms with Crippen molar-refractivity contribution in [3.8, 4) is 0 Å². The van der Waals surface area contributed by atoms with E-state index in [1.807, 2.05) is 17.8 Å². The van der Waals surface area contributed by atoms with Gasteiger partial charge < -0.3 is 5.32 Å². The van der Waals surface area contributed by atoms with Gasteiger partial charge in [-0.2, -0.15) is 5.10 Å². The summed E-state index contributed by atoms with van der Waals surface area (Å²) < 4.78 is 1.86. The van der Waals surface area contributed by atoms with E-state index in [0.717, 1.165) is 13.0 Å². The fourth-order valence-corrected chi connectivity index (χ4v) is 1.28. The molecular formula is C9H13Cl2N3. The maximum atomic E-state index is 5.71. The molecule has 0 bridgehead atoms. The minimum Gasteiger partial charge on any atom is -0.311 e. The Hall–Kier alpha value is -0.510. The Morgan fingerprint density at radius 1 is 1.71 bits per heavy atom. The SMILES string of the molecule is Cn1nccc1CCNC/C(Cl)=C/Cl. The van der Waals surface area contributed by atoms with Crippen molar-refractivity contribution in [2.75, 3.05) is 13.1 Å². The molecule has 1 aromatic rings. The molecule has 0 aliphatic carbocycles. The van der Waals surface area contributed by atoms with Gasteiger partial charge in [-0.25, -0.2) is 0 Å². The Labute approximate surface area is 93.7 Å². The maximum Gasteiger partial charge on any atom is 0.0492 e. The lowest BCUT2D eigenvalue weighted by molar-refractivity contribution is 0.667. The Balaban J connectivity index is 2.20. The van der Waals surface area contributed by atoms with E-state index in [2.05, 4.69) is 10.4 Å². The van der Waals surface area contributed by atoms with E-state index in [-0.39, 0.29) is 0 Å². The Kier molecular flexibility index (Phi) is 5.01. The molecule has 1 aromatic heterocycles. The minimum absolute atomic E-state index is 0.614. The average molecular weight is 234 g/mol. The molecule has 14 heavy (non-hydrogen) atoms. The molecule has 5 heteroatoms. The summed E-state index contributed by atoms with van der Waals surface area (Å²) in [5.74, 6) is 0. The van der Waals surface area contributed by atoms with Crippen molar-refractivity contribution in [2.24, 2.45) is 7.05 Å². The molecular weight excluding hydrogens is 221 g/mol. The van der Waals surface area contributed by atoms with Crippen LogP contribution in [0.1, 0.15) is 5.69 Å². The number of hydrogen-bond acceptors (Lipinski definition) is 2. The van der Waals surface area contributed by atoms with Crippen LogP contribution < -0.4 is 5.32 Å². The minimum atomic E-state index is 0.614. The molecule has 0 radical (unpaired) electrons. The summed E-state index contributed by atoms with van der Waals surface area (Å²) in [6.45, 7) is 1.48. The number of nitrogens with zero attached hydrogens (tertiary/aromatic N) is 2. The topological polar surface area (TPSA) is 29.9 Å². The average Bonchev–Trinajstić information content (AvgIpc) is 2.58. The number of halogens is 2. The van der Waals surface area contributed by atoms with Crippen molar-refractivity contribution in [1.82, 2.24) is 15.1 Å². The molecule has 0 amide bonds. The molecule has 0 saturated carbocycles. The van der Waals surface area contributed by atoms with E-state index in [9.17, 15) is 0 Å². The van der Waals surface area contributed by atoms with Gasteiger partial charge in [-0.3, -0.25) is 4.68 Å². The van der Waals surface area contributed by atoms with Gasteiger partial charge in [0.05, 0.1) is 0 Å². The largest absolute Gasteiger partial charge is 0.311 e. The summed E-state index contributed by atoms with van der Waals surface area (Å²) in [6.07, 6.45) is 2.73. The van der Waals surface area contributed by atoms with Crippen LogP contribution in [0.25, 0.3) is 0 Å². The highest BCUT2D eigenvalue weighted by Crippen LogP contribution is 2.01. The first kappa shape index (κ1) is 11.6. The van der Waals surface area contributed by atoms with E-state index in [1.54, 1.807) is 6.20 Å². The second-order valence-corrected chi connectivity index (χ2v) is 3.63. The van der Waals surface area contributed by atoms with Crippen LogP contribution in [-0.4, -0.2) is 22.9 Å². The molecule has 0 spiro atoms. The number of rotatable bonds is 5. The highest BCUT2D eigenvalue weighted by atomic mass is 35.5. The first-order valence-corrected chi connectivity index (χ1v) is 5.18. The summed E-state index contributed by atoms with van der Waals surface area (Å²) in [5, 5.41) is 7.87. The first-order chi connectivity index (χ1) is 6.74. The zero-order valence-corrected chi connectivity index (χ0v) is 9.52. The maximum absolute atomic E-state index is 5.71. The van der Waals surface area contributed by atoms with E-state index < -0.39 is 0 Å². The lowest BCUT2D eigenvalue weighted by atomic mass is 10.3. The van der Waals surface area contributed by atoms with Crippen LogP contribution in [0.5, 0.6) is 0 Å². The van der Waals surface area contributed by atoms with Gasteiger partial charge in [-0.05, 0) is 6.07 Å². The third-order valence-electron chi connectivity index (χ3n) is 1.89. The predicted molar refractivity (Wildman–Crippen MR) is 59.6 cm³/mol. The summed E-state index contributed by atoms with van der Waals surface area (Å²) in [7, 11) is 1.93. The molecule has 0 unspecified atom stereocenters. The van der Waals surface area contributed by atoms with Gasteiger partial charge in [0.1, 0.15) is 0 Å². The molecule has 0 aliphatic heterocycles. The smallest absolute Gasteiger partial charge is 0.0492 e. The summed E-state index contributed by atoms with van der Waals surface area (Å²) >= 11 is 11.1. The molecule has 0 fully saturated rings. The van der Waals surface area contributed by atoms with Crippen LogP contribution in [-0.2, 0) is 13.5 Å². The number of nitrogens with one attached hydrogen (secondary N) is 1. The molecule has 0 aromatic carbocycles. The van der Waals surface area contributed by atoms with Gasteiger partial charge in [-0.1, -0.05) is 23.2 Å². The molecule has 0 atom stereocenters. The number of aryl methyl sites for hydroxylation is 1. The van der Waals surface area contributed by atoms with Crippen LogP contribution in [0, 0.1) is 0 Å². The van der Waals surface area contributed by atoms with Crippen LogP contribution in [0.15, 0.2) is 22.8 Å². The highest BCUT2D eigenvalue weighted by Gasteiger charge is 1.97. The van der Waals surface area contributed by atoms with Crippen LogP contribution in [0.3, 0.4) is 0 Å². The molecule has 3 nitrogen and oxygen atoms in total. The molecule has 1 rings (SSSR count). The molecule has 0 saturated heterocycles. The predicted octanol–water partition coefficient (Wildman–Crippen LogP) is 1.87. The van der Waals surface area contributed by atoms with Crippen molar-refractivity contribution >= 4 is 23.2 Å². The van der Waals surface area contributed by atoms with E-state index in [0.29, 0.717) is 11.6 Å². The summed E-state index contributed by atoms with van der Waals surface area (Å²) in [4.78, 5) is 0. The summed E-state index contributed by atoms with van der Waals surface area (Å²) in [6, 6.07) is 2.00. The fourth-order valence-electron chi connectivity index (χ4n) is 1.11. The van der Waals surface area contributed by atoms with Crippen molar-refractivity contribution in [3.63, 3.8) is 0 Å². The second-order valence-electron chi connectivity index (χ2n) is 2.93. The zero-order valence-electron chi connectivity index (χ0n) is 8.00. The van der Waals surface area contributed by atoms with Crippen molar-refractivity contribution in [2.45, 2.75) is 6.42 Å². The Morgan fingerprint density at radius 2 is 2.50 bits per heavy atom. The van der Waals surface area contributed by atoms with E-state index in [4.69, 9.17) is 23.2 Å². The fraction of sp³-hybridized carbons (Fsp3) is 0.444. The molecule has 78 valence electrons. The van der Waals surface area contributed by atoms with Gasteiger partial charge in [0, 0.05) is 49.0 Å². The van der Waals surface area contributed by atoms with Crippen molar-refractivity contribution in [3.05, 3.63) is 28.5 Å². The van der Waals surface area contributed by atoms with Gasteiger partial charge >= 0.3 is 0 Å². The third kappa shape index (κ3) is 3.70. The molecule has 1 heterocycles. The quantitative estimate of drug-likeness (QED) is 0.788. The van der Waals surface area contributed by atoms with Crippen molar-refractivity contribution < 1.29 is 0 Å². The van der Waals surface area contributed by atoms with E-state index >= 15 is 0 Å². The van der Waals surface area contributed by atoms with Crippen LogP contribution >= 0.6 is 23.2 Å². The number of hydrogen-bond donors (Lipinski definition) is 1. The lowest BCUT2D eigenvalue weighted by Gasteiger charge is -2.03. The van der Waals surface area contributed by atoms with Crippen LogP contribution in [0.4, 0.5) is 0 Å². The van der Waals surface area contributed by atoms with Gasteiger partial charge in [0.2, 0.25) is 0 Å². The second kappa shape index (κ2) is 6.06. The van der Waals surface area contributed by atoms with Gasteiger partial charge in [-0.15, -0.1) is 0 Å². The van der Waals surface area contributed by atoms with Gasteiger partial charge in [0.25, 0.3) is 0 Å². The Morgan fingerprint density at radius 3 is 3.07 bits per heavy atom.